The highest BCUT2D eigenvalue weighted by Crippen LogP contribution is 2.33. The summed E-state index contributed by atoms with van der Waals surface area (Å²) in [5.41, 5.74) is 5.23. The van der Waals surface area contributed by atoms with Crippen molar-refractivity contribution in [3.8, 4) is 17.0 Å². The second kappa shape index (κ2) is 9.96. The van der Waals surface area contributed by atoms with Crippen molar-refractivity contribution in [2.45, 2.75) is 38.0 Å². The summed E-state index contributed by atoms with van der Waals surface area (Å²) in [6.07, 6.45) is 11.9. The average Bonchev–Trinajstić information content (AvgIpc) is 3.27. The lowest BCUT2D eigenvalue weighted by atomic mass is 9.84. The fourth-order valence-electron chi connectivity index (χ4n) is 4.26. The number of aromatic nitrogens is 2. The molecule has 166 valence electrons. The molecule has 2 aromatic heterocycles. The molecule has 1 saturated carbocycles. The van der Waals surface area contributed by atoms with Gasteiger partial charge in [-0.3, -0.25) is 4.98 Å². The van der Waals surface area contributed by atoms with Crippen LogP contribution in [0.1, 0.15) is 49.1 Å². The number of hydrogen-bond donors (Lipinski definition) is 1. The van der Waals surface area contributed by atoms with Crippen molar-refractivity contribution >= 4 is 23.2 Å². The number of hydrogen-bond acceptors (Lipinski definition) is 5. The van der Waals surface area contributed by atoms with E-state index in [0.717, 1.165) is 27.3 Å². The van der Waals surface area contributed by atoms with E-state index in [1.54, 1.807) is 42.1 Å². The molecule has 6 heteroatoms. The van der Waals surface area contributed by atoms with Gasteiger partial charge in [-0.1, -0.05) is 43.5 Å². The van der Waals surface area contributed by atoms with Gasteiger partial charge < -0.3 is 5.11 Å². The molecule has 2 aromatic carbocycles. The first-order valence-corrected chi connectivity index (χ1v) is 12.2. The van der Waals surface area contributed by atoms with E-state index in [1.165, 1.54) is 37.7 Å². The minimum absolute atomic E-state index is 0.237. The topological polar surface area (TPSA) is 62.8 Å². The summed E-state index contributed by atoms with van der Waals surface area (Å²) in [5.74, 6) is 0.924. The molecule has 0 radical (unpaired) electrons. The molecular weight excluding hydrogens is 428 g/mol. The van der Waals surface area contributed by atoms with Crippen molar-refractivity contribution in [2.24, 2.45) is 10.1 Å². The number of phenols is 1. The van der Waals surface area contributed by atoms with Crippen molar-refractivity contribution in [3.63, 3.8) is 0 Å². The molecule has 2 heterocycles. The Kier molecular flexibility index (Phi) is 6.44. The van der Waals surface area contributed by atoms with E-state index in [2.05, 4.69) is 34.6 Å². The smallest absolute Gasteiger partial charge is 0.211 e. The SMILES string of the molecule is Oc1ccc(C=Nn2c(-c3ccc(C4CCCCC4)cc3)csc2=Nc2cccnc2)cc1. The first kappa shape index (κ1) is 21.3. The van der Waals surface area contributed by atoms with Crippen LogP contribution in [0.2, 0.25) is 0 Å². The van der Waals surface area contributed by atoms with E-state index in [1.807, 2.05) is 28.9 Å². The lowest BCUT2D eigenvalue weighted by Gasteiger charge is -2.22. The number of phenolic OH excluding ortho intramolecular Hbond substituents is 1. The molecule has 0 bridgehead atoms. The van der Waals surface area contributed by atoms with Crippen molar-refractivity contribution < 1.29 is 5.11 Å². The van der Waals surface area contributed by atoms with E-state index in [-0.39, 0.29) is 5.75 Å². The average molecular weight is 455 g/mol. The van der Waals surface area contributed by atoms with Gasteiger partial charge >= 0.3 is 0 Å². The third-order valence-corrected chi connectivity index (χ3v) is 6.87. The van der Waals surface area contributed by atoms with Crippen LogP contribution in [0, 0.1) is 0 Å². The highest BCUT2D eigenvalue weighted by molar-refractivity contribution is 7.07. The maximum Gasteiger partial charge on any atom is 0.211 e. The predicted octanol–water partition coefficient (Wildman–Crippen LogP) is 6.48. The molecule has 0 aliphatic heterocycles. The largest absolute Gasteiger partial charge is 0.508 e. The van der Waals surface area contributed by atoms with Crippen LogP contribution in [-0.4, -0.2) is 21.0 Å². The van der Waals surface area contributed by atoms with E-state index in [0.29, 0.717) is 5.92 Å². The maximum absolute atomic E-state index is 9.56. The highest BCUT2D eigenvalue weighted by Gasteiger charge is 2.16. The predicted molar refractivity (Wildman–Crippen MR) is 134 cm³/mol. The fourth-order valence-corrected chi connectivity index (χ4v) is 5.12. The molecule has 1 N–H and O–H groups in total. The molecule has 0 saturated heterocycles. The molecule has 5 rings (SSSR count). The first-order valence-electron chi connectivity index (χ1n) is 11.4. The Balaban J connectivity index is 1.52. The number of pyridine rings is 1. The van der Waals surface area contributed by atoms with E-state index >= 15 is 0 Å². The Hall–Kier alpha value is -3.51. The van der Waals surface area contributed by atoms with Gasteiger partial charge in [0.15, 0.2) is 0 Å². The number of nitrogens with zero attached hydrogens (tertiary/aromatic N) is 4. The number of benzene rings is 2. The quantitative estimate of drug-likeness (QED) is 0.351. The molecule has 0 atom stereocenters. The lowest BCUT2D eigenvalue weighted by Crippen LogP contribution is -2.11. The molecule has 0 amide bonds. The molecule has 0 spiro atoms. The third-order valence-electron chi connectivity index (χ3n) is 6.05. The van der Waals surface area contributed by atoms with Crippen LogP contribution in [0.4, 0.5) is 5.69 Å². The van der Waals surface area contributed by atoms with Gasteiger partial charge in [0.1, 0.15) is 5.75 Å². The maximum atomic E-state index is 9.56. The Morgan fingerprint density at radius 3 is 2.48 bits per heavy atom. The lowest BCUT2D eigenvalue weighted by molar-refractivity contribution is 0.443. The number of aromatic hydroxyl groups is 1. The fraction of sp³-hybridized carbons (Fsp3) is 0.222. The van der Waals surface area contributed by atoms with Crippen LogP contribution in [0.15, 0.2) is 88.5 Å². The van der Waals surface area contributed by atoms with E-state index < -0.39 is 0 Å². The summed E-state index contributed by atoms with van der Waals surface area (Å²) in [6, 6.07) is 19.7. The molecule has 1 aliphatic rings. The van der Waals surface area contributed by atoms with Crippen molar-refractivity contribution in [1.82, 2.24) is 9.66 Å². The van der Waals surface area contributed by atoms with Gasteiger partial charge in [-0.2, -0.15) is 5.10 Å². The monoisotopic (exact) mass is 454 g/mol. The highest BCUT2D eigenvalue weighted by atomic mass is 32.1. The van der Waals surface area contributed by atoms with Crippen LogP contribution in [0.25, 0.3) is 11.3 Å². The Morgan fingerprint density at radius 2 is 1.76 bits per heavy atom. The molecular formula is C27H26N4OS. The van der Waals surface area contributed by atoms with Crippen molar-refractivity contribution in [1.29, 1.82) is 0 Å². The summed E-state index contributed by atoms with van der Waals surface area (Å²) < 4.78 is 1.88. The van der Waals surface area contributed by atoms with Gasteiger partial charge in [-0.25, -0.2) is 9.67 Å². The summed E-state index contributed by atoms with van der Waals surface area (Å²) in [4.78, 5) is 9.71. The third kappa shape index (κ3) is 5.12. The van der Waals surface area contributed by atoms with Crippen molar-refractivity contribution in [3.05, 3.63) is 94.4 Å². The van der Waals surface area contributed by atoms with Gasteiger partial charge in [0.25, 0.3) is 0 Å². The van der Waals surface area contributed by atoms with Crippen LogP contribution < -0.4 is 4.80 Å². The number of rotatable bonds is 5. The van der Waals surface area contributed by atoms with E-state index in [4.69, 9.17) is 10.1 Å². The molecule has 4 aromatic rings. The van der Waals surface area contributed by atoms with Gasteiger partial charge in [0.2, 0.25) is 4.80 Å². The van der Waals surface area contributed by atoms with Gasteiger partial charge in [-0.15, -0.1) is 11.3 Å². The minimum Gasteiger partial charge on any atom is -0.508 e. The van der Waals surface area contributed by atoms with Gasteiger partial charge in [0, 0.05) is 17.1 Å². The molecule has 33 heavy (non-hydrogen) atoms. The van der Waals surface area contributed by atoms with Crippen LogP contribution in [0.3, 0.4) is 0 Å². The van der Waals surface area contributed by atoms with Crippen LogP contribution in [-0.2, 0) is 0 Å². The zero-order valence-corrected chi connectivity index (χ0v) is 19.2. The molecule has 1 fully saturated rings. The molecule has 5 nitrogen and oxygen atoms in total. The second-order valence-corrected chi connectivity index (χ2v) is 9.17. The van der Waals surface area contributed by atoms with Crippen LogP contribution in [0.5, 0.6) is 5.75 Å². The molecule has 1 aliphatic carbocycles. The normalized spacial score (nSPS) is 15.3. The Labute approximate surface area is 197 Å². The second-order valence-electron chi connectivity index (χ2n) is 8.33. The zero-order valence-electron chi connectivity index (χ0n) is 18.3. The summed E-state index contributed by atoms with van der Waals surface area (Å²) in [6.45, 7) is 0. The summed E-state index contributed by atoms with van der Waals surface area (Å²) in [7, 11) is 0. The molecule has 0 unspecified atom stereocenters. The Morgan fingerprint density at radius 1 is 0.970 bits per heavy atom. The first-order chi connectivity index (χ1) is 16.3. The number of thiazole rings is 1. The standard InChI is InChI=1S/C27H26N4OS/c32-25-14-8-20(9-15-25)17-29-31-26(19-33-27(31)30-24-7-4-16-28-18-24)23-12-10-22(11-13-23)21-5-2-1-3-6-21/h4,7-19,21,32H,1-3,5-6H2. The van der Waals surface area contributed by atoms with E-state index in [9.17, 15) is 5.11 Å². The van der Waals surface area contributed by atoms with Gasteiger partial charge in [-0.05, 0) is 66.3 Å². The van der Waals surface area contributed by atoms with Crippen molar-refractivity contribution in [2.75, 3.05) is 0 Å². The summed E-state index contributed by atoms with van der Waals surface area (Å²) in [5, 5.41) is 16.4. The van der Waals surface area contributed by atoms with Gasteiger partial charge in [0.05, 0.1) is 23.8 Å². The summed E-state index contributed by atoms with van der Waals surface area (Å²) >= 11 is 1.55. The van der Waals surface area contributed by atoms with Crippen LogP contribution >= 0.6 is 11.3 Å². The minimum atomic E-state index is 0.237. The Bertz CT molecular complexity index is 1280. The zero-order chi connectivity index (χ0) is 22.5.